The van der Waals surface area contributed by atoms with Gasteiger partial charge in [-0.2, -0.15) is 13.2 Å². The van der Waals surface area contributed by atoms with E-state index in [4.69, 9.17) is 0 Å². The first kappa shape index (κ1) is 10.9. The fraction of sp³-hybridized carbons (Fsp3) is 0.600. The lowest BCUT2D eigenvalue weighted by Crippen LogP contribution is -2.16. The molecule has 1 heterocycles. The molecule has 0 saturated carbocycles. The molecule has 8 heteroatoms. The third-order valence-electron chi connectivity index (χ3n) is 0.933. The van der Waals surface area contributed by atoms with Crippen molar-refractivity contribution in [3.05, 3.63) is 8.92 Å². The van der Waals surface area contributed by atoms with Crippen molar-refractivity contribution >= 4 is 27.3 Å². The molecule has 0 amide bonds. The van der Waals surface area contributed by atoms with E-state index < -0.39 is 12.8 Å². The lowest BCUT2D eigenvalue weighted by atomic mass is 10.7. The first-order valence-electron chi connectivity index (χ1n) is 3.10. The zero-order chi connectivity index (χ0) is 9.90. The minimum Gasteiger partial charge on any atom is -0.365 e. The summed E-state index contributed by atoms with van der Waals surface area (Å²) in [6.07, 6.45) is -4.29. The van der Waals surface area contributed by atoms with Gasteiger partial charge >= 0.3 is 6.18 Å². The van der Waals surface area contributed by atoms with Crippen molar-refractivity contribution in [2.24, 2.45) is 0 Å². The summed E-state index contributed by atoms with van der Waals surface area (Å²) >= 11 is 4.17. The second-order valence-corrected chi connectivity index (χ2v) is 4.39. The Balaban J connectivity index is 2.28. The van der Waals surface area contributed by atoms with Crippen LogP contribution in [0.15, 0.2) is 3.92 Å². The Kier molecular flexibility index (Phi) is 3.63. The molecule has 0 saturated heterocycles. The van der Waals surface area contributed by atoms with Crippen LogP contribution in [0.5, 0.6) is 0 Å². The molecule has 74 valence electrons. The van der Waals surface area contributed by atoms with Crippen LogP contribution in [0.1, 0.15) is 5.01 Å². The Bertz CT molecular complexity index is 277. The Hall–Kier alpha value is -0.210. The van der Waals surface area contributed by atoms with Gasteiger partial charge in [0.15, 0.2) is 3.92 Å². The van der Waals surface area contributed by atoms with Crippen molar-refractivity contribution in [1.82, 2.24) is 10.2 Å². The summed E-state index contributed by atoms with van der Waals surface area (Å²) in [6.45, 7) is -1.42. The molecule has 1 aromatic heterocycles. The molecule has 1 rings (SSSR count). The Morgan fingerprint density at radius 2 is 2.08 bits per heavy atom. The largest absolute Gasteiger partial charge is 0.411 e. The summed E-state index contributed by atoms with van der Waals surface area (Å²) in [5, 5.41) is 7.53. The van der Waals surface area contributed by atoms with Gasteiger partial charge in [-0.15, -0.1) is 10.2 Å². The van der Waals surface area contributed by atoms with Crippen LogP contribution in [0.3, 0.4) is 0 Å². The molecule has 0 atom stereocenters. The van der Waals surface area contributed by atoms with E-state index in [1.165, 1.54) is 0 Å². The van der Waals surface area contributed by atoms with Crippen LogP contribution in [0.4, 0.5) is 13.2 Å². The summed E-state index contributed by atoms with van der Waals surface area (Å²) in [4.78, 5) is 0. The number of ether oxygens (including phenoxy) is 1. The molecular weight excluding hydrogens is 273 g/mol. The van der Waals surface area contributed by atoms with Gasteiger partial charge in [-0.25, -0.2) is 0 Å². The predicted molar refractivity (Wildman–Crippen MR) is 43.3 cm³/mol. The van der Waals surface area contributed by atoms with Gasteiger partial charge in [-0.3, -0.25) is 0 Å². The maximum Gasteiger partial charge on any atom is 0.411 e. The smallest absolute Gasteiger partial charge is 0.365 e. The van der Waals surface area contributed by atoms with Crippen molar-refractivity contribution < 1.29 is 17.9 Å². The SMILES string of the molecule is FC(F)(F)COCc1nnc(Br)s1. The minimum atomic E-state index is -4.29. The monoisotopic (exact) mass is 276 g/mol. The Morgan fingerprint density at radius 1 is 1.38 bits per heavy atom. The number of aromatic nitrogens is 2. The number of rotatable bonds is 3. The van der Waals surface area contributed by atoms with E-state index in [2.05, 4.69) is 30.9 Å². The summed E-state index contributed by atoms with van der Waals surface area (Å²) in [7, 11) is 0. The first-order chi connectivity index (χ1) is 5.97. The van der Waals surface area contributed by atoms with E-state index in [1.54, 1.807) is 0 Å². The third-order valence-corrected chi connectivity index (χ3v) is 2.26. The van der Waals surface area contributed by atoms with Crippen molar-refractivity contribution in [3.8, 4) is 0 Å². The van der Waals surface area contributed by atoms with Crippen molar-refractivity contribution in [2.75, 3.05) is 6.61 Å². The molecule has 0 aromatic carbocycles. The molecule has 1 aromatic rings. The van der Waals surface area contributed by atoms with E-state index in [9.17, 15) is 13.2 Å². The normalized spacial score (nSPS) is 12.0. The molecule has 0 spiro atoms. The van der Waals surface area contributed by atoms with Crippen molar-refractivity contribution in [2.45, 2.75) is 12.8 Å². The second kappa shape index (κ2) is 4.34. The quantitative estimate of drug-likeness (QED) is 0.850. The topological polar surface area (TPSA) is 35.0 Å². The van der Waals surface area contributed by atoms with E-state index in [0.29, 0.717) is 8.92 Å². The molecular formula is C5H4BrF3N2OS. The average Bonchev–Trinajstić information content (AvgIpc) is 2.33. The van der Waals surface area contributed by atoms with Gasteiger partial charge in [-0.05, 0) is 15.9 Å². The number of alkyl halides is 3. The standard InChI is InChI=1S/C5H4BrF3N2OS/c6-4-11-10-3(13-4)1-12-2-5(7,8)9/h1-2H2. The van der Waals surface area contributed by atoms with E-state index in [1.807, 2.05) is 0 Å². The number of hydrogen-bond acceptors (Lipinski definition) is 4. The average molecular weight is 277 g/mol. The van der Waals surface area contributed by atoms with Crippen molar-refractivity contribution in [1.29, 1.82) is 0 Å². The highest BCUT2D eigenvalue weighted by molar-refractivity contribution is 9.11. The second-order valence-electron chi connectivity index (χ2n) is 2.06. The van der Waals surface area contributed by atoms with E-state index >= 15 is 0 Å². The van der Waals surface area contributed by atoms with Crippen LogP contribution < -0.4 is 0 Å². The molecule has 0 bridgehead atoms. The van der Waals surface area contributed by atoms with Crippen molar-refractivity contribution in [3.63, 3.8) is 0 Å². The molecule has 0 aliphatic rings. The van der Waals surface area contributed by atoms with Crippen LogP contribution in [-0.4, -0.2) is 23.0 Å². The molecule has 0 unspecified atom stereocenters. The lowest BCUT2D eigenvalue weighted by molar-refractivity contribution is -0.176. The number of nitrogens with zero attached hydrogens (tertiary/aromatic N) is 2. The van der Waals surface area contributed by atoms with Crippen LogP contribution in [0.25, 0.3) is 0 Å². The van der Waals surface area contributed by atoms with Gasteiger partial charge < -0.3 is 4.74 Å². The first-order valence-corrected chi connectivity index (χ1v) is 4.71. The minimum absolute atomic E-state index is 0.164. The summed E-state index contributed by atoms with van der Waals surface area (Å²) in [5.74, 6) is 0. The summed E-state index contributed by atoms with van der Waals surface area (Å²) in [6, 6.07) is 0. The van der Waals surface area contributed by atoms with E-state index in [0.717, 1.165) is 11.3 Å². The fourth-order valence-electron chi connectivity index (χ4n) is 0.546. The maximum absolute atomic E-state index is 11.6. The van der Waals surface area contributed by atoms with Gasteiger partial charge in [0.1, 0.15) is 18.2 Å². The molecule has 0 aliphatic heterocycles. The van der Waals surface area contributed by atoms with Crippen LogP contribution >= 0.6 is 27.3 Å². The molecule has 0 radical (unpaired) electrons. The van der Waals surface area contributed by atoms with Gasteiger partial charge in [0.2, 0.25) is 0 Å². The lowest BCUT2D eigenvalue weighted by Gasteiger charge is -2.04. The predicted octanol–water partition coefficient (Wildman–Crippen LogP) is 2.38. The molecule has 0 fully saturated rings. The highest BCUT2D eigenvalue weighted by Gasteiger charge is 2.27. The maximum atomic E-state index is 11.6. The van der Waals surface area contributed by atoms with Crippen LogP contribution in [0, 0.1) is 0 Å². The van der Waals surface area contributed by atoms with Gasteiger partial charge in [-0.1, -0.05) is 11.3 Å². The third kappa shape index (κ3) is 4.53. The molecule has 3 nitrogen and oxygen atoms in total. The molecule has 0 aliphatic carbocycles. The summed E-state index contributed by atoms with van der Waals surface area (Å²) < 4.78 is 39.7. The van der Waals surface area contributed by atoms with Gasteiger partial charge in [0.05, 0.1) is 0 Å². The Morgan fingerprint density at radius 3 is 2.54 bits per heavy atom. The zero-order valence-electron chi connectivity index (χ0n) is 6.14. The van der Waals surface area contributed by atoms with Gasteiger partial charge in [0, 0.05) is 0 Å². The number of hydrogen-bond donors (Lipinski definition) is 0. The highest BCUT2D eigenvalue weighted by Crippen LogP contribution is 2.18. The zero-order valence-corrected chi connectivity index (χ0v) is 8.54. The van der Waals surface area contributed by atoms with Gasteiger partial charge in [0.25, 0.3) is 0 Å². The molecule has 0 N–H and O–H groups in total. The van der Waals surface area contributed by atoms with Crippen LogP contribution in [0.2, 0.25) is 0 Å². The van der Waals surface area contributed by atoms with Crippen LogP contribution in [-0.2, 0) is 11.3 Å². The Labute approximate surface area is 84.1 Å². The fourth-order valence-corrected chi connectivity index (χ4v) is 1.69. The highest BCUT2D eigenvalue weighted by atomic mass is 79.9. The van der Waals surface area contributed by atoms with E-state index in [-0.39, 0.29) is 6.61 Å². The number of halogens is 4. The summed E-state index contributed by atoms with van der Waals surface area (Å²) in [5.41, 5.74) is 0. The molecule has 13 heavy (non-hydrogen) atoms.